The zero-order valence-corrected chi connectivity index (χ0v) is 11.1. The molecule has 1 rings (SSSR count). The molecule has 0 saturated heterocycles. The Morgan fingerprint density at radius 1 is 1.59 bits per heavy atom. The first-order valence-corrected chi connectivity index (χ1v) is 6.47. The Hall–Kier alpha value is -0.980. The van der Waals surface area contributed by atoms with Crippen LogP contribution in [0, 0.1) is 6.92 Å². The number of nitrogens with zero attached hydrogens (tertiary/aromatic N) is 1. The topological polar surface area (TPSA) is 63.2 Å². The summed E-state index contributed by atoms with van der Waals surface area (Å²) in [6.07, 6.45) is 0.841. The molecule has 0 spiro atoms. The van der Waals surface area contributed by atoms with Crippen molar-refractivity contribution in [2.45, 2.75) is 19.9 Å². The number of aryl methyl sites for hydroxylation is 1. The van der Waals surface area contributed by atoms with E-state index in [1.807, 2.05) is 12.3 Å². The number of thiazole rings is 1. The van der Waals surface area contributed by atoms with Crippen LogP contribution in [0.2, 0.25) is 0 Å². The molecule has 0 saturated carbocycles. The maximum atomic E-state index is 11.4. The molecule has 17 heavy (non-hydrogen) atoms. The second-order valence-electron chi connectivity index (χ2n) is 3.68. The maximum absolute atomic E-state index is 11.4. The van der Waals surface area contributed by atoms with Crippen molar-refractivity contribution in [1.82, 2.24) is 15.6 Å². The van der Waals surface area contributed by atoms with E-state index in [9.17, 15) is 4.79 Å². The first-order valence-electron chi connectivity index (χ1n) is 5.59. The van der Waals surface area contributed by atoms with Crippen molar-refractivity contribution in [3.63, 3.8) is 0 Å². The van der Waals surface area contributed by atoms with Crippen LogP contribution in [0.15, 0.2) is 5.38 Å². The molecule has 2 N–H and O–H groups in total. The Kier molecular flexibility index (Phi) is 6.76. The Labute approximate surface area is 106 Å². The molecule has 0 aliphatic rings. The van der Waals surface area contributed by atoms with Gasteiger partial charge in [0.1, 0.15) is 5.01 Å². The van der Waals surface area contributed by atoms with Gasteiger partial charge in [-0.05, 0) is 13.3 Å². The van der Waals surface area contributed by atoms with Gasteiger partial charge in [-0.15, -0.1) is 11.3 Å². The predicted octanol–water partition coefficient (Wildman–Crippen LogP) is 0.694. The number of carbonyl (C=O) groups excluding carboxylic acids is 1. The first-order chi connectivity index (χ1) is 8.22. The molecule has 0 aliphatic carbocycles. The number of amides is 1. The third-order valence-electron chi connectivity index (χ3n) is 2.08. The Morgan fingerprint density at radius 2 is 2.41 bits per heavy atom. The number of nitrogens with one attached hydrogen (secondary N) is 2. The average molecular weight is 257 g/mol. The fourth-order valence-electron chi connectivity index (χ4n) is 1.27. The summed E-state index contributed by atoms with van der Waals surface area (Å²) in [4.78, 5) is 15.7. The van der Waals surface area contributed by atoms with Crippen molar-refractivity contribution in [2.75, 3.05) is 26.8 Å². The molecule has 1 heterocycles. The molecule has 96 valence electrons. The van der Waals surface area contributed by atoms with Gasteiger partial charge in [0, 0.05) is 37.9 Å². The van der Waals surface area contributed by atoms with E-state index < -0.39 is 0 Å². The van der Waals surface area contributed by atoms with Crippen molar-refractivity contribution in [3.8, 4) is 0 Å². The van der Waals surface area contributed by atoms with Gasteiger partial charge in [0.2, 0.25) is 5.91 Å². The standard InChI is InChI=1S/C11H19N3O2S/c1-9-8-17-11(14-9)7-12-6-10(15)13-4-3-5-16-2/h8,12H,3-7H2,1-2H3,(H,13,15). The summed E-state index contributed by atoms with van der Waals surface area (Å²) in [5, 5.41) is 8.88. The minimum Gasteiger partial charge on any atom is -0.385 e. The van der Waals surface area contributed by atoms with E-state index in [1.54, 1.807) is 18.4 Å². The van der Waals surface area contributed by atoms with Crippen LogP contribution in [0.25, 0.3) is 0 Å². The van der Waals surface area contributed by atoms with Crippen LogP contribution in [-0.2, 0) is 16.1 Å². The third kappa shape index (κ3) is 6.35. The highest BCUT2D eigenvalue weighted by Gasteiger charge is 2.01. The monoisotopic (exact) mass is 257 g/mol. The SMILES string of the molecule is COCCCNC(=O)CNCc1nc(C)cs1. The molecule has 6 heteroatoms. The Balaban J connectivity index is 2.04. The number of hydrogen-bond acceptors (Lipinski definition) is 5. The normalized spacial score (nSPS) is 10.5. The lowest BCUT2D eigenvalue weighted by molar-refractivity contribution is -0.120. The molecule has 1 amide bonds. The molecule has 0 aliphatic heterocycles. The predicted molar refractivity (Wildman–Crippen MR) is 68.1 cm³/mol. The number of carbonyl (C=O) groups is 1. The zero-order valence-electron chi connectivity index (χ0n) is 10.3. The molecule has 0 radical (unpaired) electrons. The number of ether oxygens (including phenoxy) is 1. The van der Waals surface area contributed by atoms with Crippen LogP contribution in [-0.4, -0.2) is 37.7 Å². The molecule has 0 unspecified atom stereocenters. The van der Waals surface area contributed by atoms with E-state index in [4.69, 9.17) is 4.74 Å². The van der Waals surface area contributed by atoms with Crippen LogP contribution in [0.4, 0.5) is 0 Å². The van der Waals surface area contributed by atoms with Crippen LogP contribution < -0.4 is 10.6 Å². The highest BCUT2D eigenvalue weighted by Crippen LogP contribution is 2.07. The van der Waals surface area contributed by atoms with Gasteiger partial charge in [0.05, 0.1) is 6.54 Å². The van der Waals surface area contributed by atoms with Gasteiger partial charge in [-0.2, -0.15) is 0 Å². The lowest BCUT2D eigenvalue weighted by Gasteiger charge is -2.05. The van der Waals surface area contributed by atoms with Gasteiger partial charge in [-0.25, -0.2) is 4.98 Å². The molecule has 0 fully saturated rings. The summed E-state index contributed by atoms with van der Waals surface area (Å²) in [5.74, 6) is 0.00869. The van der Waals surface area contributed by atoms with Gasteiger partial charge in [-0.1, -0.05) is 0 Å². The van der Waals surface area contributed by atoms with Crippen molar-refractivity contribution in [3.05, 3.63) is 16.1 Å². The molecule has 0 bridgehead atoms. The fourth-order valence-corrected chi connectivity index (χ4v) is 2.02. The van der Waals surface area contributed by atoms with Crippen LogP contribution in [0.3, 0.4) is 0 Å². The smallest absolute Gasteiger partial charge is 0.233 e. The van der Waals surface area contributed by atoms with Crippen molar-refractivity contribution in [2.24, 2.45) is 0 Å². The van der Waals surface area contributed by atoms with E-state index in [2.05, 4.69) is 15.6 Å². The van der Waals surface area contributed by atoms with Gasteiger partial charge < -0.3 is 15.4 Å². The van der Waals surface area contributed by atoms with Crippen molar-refractivity contribution < 1.29 is 9.53 Å². The number of methoxy groups -OCH3 is 1. The van der Waals surface area contributed by atoms with Gasteiger partial charge in [0.25, 0.3) is 0 Å². The summed E-state index contributed by atoms with van der Waals surface area (Å²) in [6.45, 7) is 4.26. The fraction of sp³-hybridized carbons (Fsp3) is 0.636. The summed E-state index contributed by atoms with van der Waals surface area (Å²) in [5.41, 5.74) is 1.02. The number of hydrogen-bond donors (Lipinski definition) is 2. The Bertz CT molecular complexity index is 341. The molecular weight excluding hydrogens is 238 g/mol. The van der Waals surface area contributed by atoms with Gasteiger partial charge >= 0.3 is 0 Å². The summed E-state index contributed by atoms with van der Waals surface area (Å²) >= 11 is 1.60. The third-order valence-corrected chi connectivity index (χ3v) is 3.04. The lowest BCUT2D eigenvalue weighted by atomic mass is 10.4. The second kappa shape index (κ2) is 8.16. The maximum Gasteiger partial charge on any atom is 0.233 e. The molecular formula is C11H19N3O2S. The average Bonchev–Trinajstić information content (AvgIpc) is 2.71. The minimum atomic E-state index is 0.00869. The van der Waals surface area contributed by atoms with Crippen molar-refractivity contribution in [1.29, 1.82) is 0 Å². The summed E-state index contributed by atoms with van der Waals surface area (Å²) in [7, 11) is 1.65. The van der Waals surface area contributed by atoms with Gasteiger partial charge in [-0.3, -0.25) is 4.79 Å². The lowest BCUT2D eigenvalue weighted by Crippen LogP contribution is -2.34. The molecule has 0 atom stereocenters. The summed E-state index contributed by atoms with van der Waals surface area (Å²) < 4.78 is 4.89. The second-order valence-corrected chi connectivity index (χ2v) is 4.63. The largest absolute Gasteiger partial charge is 0.385 e. The summed E-state index contributed by atoms with van der Waals surface area (Å²) in [6, 6.07) is 0. The van der Waals surface area contributed by atoms with E-state index in [0.717, 1.165) is 17.1 Å². The molecule has 1 aromatic rings. The van der Waals surface area contributed by atoms with Crippen LogP contribution in [0.5, 0.6) is 0 Å². The highest BCUT2D eigenvalue weighted by molar-refractivity contribution is 7.09. The van der Waals surface area contributed by atoms with E-state index in [-0.39, 0.29) is 5.91 Å². The highest BCUT2D eigenvalue weighted by atomic mass is 32.1. The first kappa shape index (κ1) is 14.1. The van der Waals surface area contributed by atoms with E-state index in [0.29, 0.717) is 26.2 Å². The van der Waals surface area contributed by atoms with Crippen molar-refractivity contribution >= 4 is 17.2 Å². The Morgan fingerprint density at radius 3 is 3.06 bits per heavy atom. The number of aromatic nitrogens is 1. The van der Waals surface area contributed by atoms with Crippen LogP contribution in [0.1, 0.15) is 17.1 Å². The molecule has 0 aromatic carbocycles. The van der Waals surface area contributed by atoms with E-state index >= 15 is 0 Å². The minimum absolute atomic E-state index is 0.00869. The molecule has 5 nitrogen and oxygen atoms in total. The quantitative estimate of drug-likeness (QED) is 0.673. The van der Waals surface area contributed by atoms with E-state index in [1.165, 1.54) is 0 Å². The van der Waals surface area contributed by atoms with Crippen LogP contribution >= 0.6 is 11.3 Å². The number of rotatable bonds is 8. The molecule has 1 aromatic heterocycles. The van der Waals surface area contributed by atoms with Gasteiger partial charge in [0.15, 0.2) is 0 Å². The zero-order chi connectivity index (χ0) is 12.5.